The van der Waals surface area contributed by atoms with Crippen LogP contribution in [0.4, 0.5) is 0 Å². The summed E-state index contributed by atoms with van der Waals surface area (Å²) in [6.45, 7) is 10.4. The summed E-state index contributed by atoms with van der Waals surface area (Å²) in [5, 5.41) is 0.0116. The molecule has 0 aliphatic rings. The summed E-state index contributed by atoms with van der Waals surface area (Å²) >= 11 is 5.24. The third-order valence-electron chi connectivity index (χ3n) is 0.366. The first-order valence-electron chi connectivity index (χ1n) is 2.82. The zero-order chi connectivity index (χ0) is 8.57. The van der Waals surface area contributed by atoms with Crippen LogP contribution in [0, 0.1) is 0 Å². The first kappa shape index (κ1) is 11.9. The topological polar surface area (TPSA) is 50.7 Å². The van der Waals surface area contributed by atoms with Crippen LogP contribution in [0.15, 0.2) is 22.4 Å². The molecule has 0 rings (SSSR count). The van der Waals surface area contributed by atoms with Gasteiger partial charge in [-0.25, -0.2) is 9.98 Å². The molecule has 0 aliphatic heterocycles. The summed E-state index contributed by atoms with van der Waals surface area (Å²) in [5.74, 6) is 0.127. The van der Waals surface area contributed by atoms with E-state index in [4.69, 9.17) is 17.3 Å². The highest BCUT2D eigenvalue weighted by Gasteiger charge is 1.82. The van der Waals surface area contributed by atoms with Gasteiger partial charge in [0.15, 0.2) is 0 Å². The van der Waals surface area contributed by atoms with E-state index in [-0.39, 0.29) is 11.1 Å². The number of nitrogens with zero attached hydrogens (tertiary/aromatic N) is 2. The number of rotatable bonds is 1. The standard InChI is InChI=1S/C4H6ClN3.C2H6/c1-3(6)8-4(5)7-2;1-2/h1-2,6H2;1-2H3/b8-4-;. The summed E-state index contributed by atoms with van der Waals surface area (Å²) in [5.41, 5.74) is 5.01. The lowest BCUT2D eigenvalue weighted by molar-refractivity contribution is 1.26. The van der Waals surface area contributed by atoms with Crippen molar-refractivity contribution in [2.24, 2.45) is 15.7 Å². The van der Waals surface area contributed by atoms with E-state index in [1.807, 2.05) is 13.8 Å². The van der Waals surface area contributed by atoms with Crippen molar-refractivity contribution in [2.75, 3.05) is 0 Å². The molecule has 4 heteroatoms. The van der Waals surface area contributed by atoms with Crippen molar-refractivity contribution < 1.29 is 0 Å². The van der Waals surface area contributed by atoms with Gasteiger partial charge >= 0.3 is 0 Å². The van der Waals surface area contributed by atoms with E-state index in [0.29, 0.717) is 0 Å². The summed E-state index contributed by atoms with van der Waals surface area (Å²) in [7, 11) is 0. The molecule has 0 heterocycles. The van der Waals surface area contributed by atoms with Crippen LogP contribution in [0.5, 0.6) is 0 Å². The lowest BCUT2D eigenvalue weighted by Gasteiger charge is -1.85. The molecule has 0 bridgehead atoms. The average Bonchev–Trinajstić information content (AvgIpc) is 1.91. The van der Waals surface area contributed by atoms with Crippen LogP contribution in [-0.4, -0.2) is 12.0 Å². The normalized spacial score (nSPS) is 9.30. The summed E-state index contributed by atoms with van der Waals surface area (Å²) in [6.07, 6.45) is 0. The minimum absolute atomic E-state index is 0.0116. The minimum Gasteiger partial charge on any atom is -0.384 e. The van der Waals surface area contributed by atoms with Gasteiger partial charge in [0.1, 0.15) is 5.82 Å². The van der Waals surface area contributed by atoms with Gasteiger partial charge in [0, 0.05) is 0 Å². The molecular formula is C6H12ClN3. The fraction of sp³-hybridized carbons (Fsp3) is 0.333. The Labute approximate surface area is 66.3 Å². The maximum absolute atomic E-state index is 5.24. The van der Waals surface area contributed by atoms with E-state index in [1.165, 1.54) is 0 Å². The maximum atomic E-state index is 5.24. The molecule has 0 saturated heterocycles. The fourth-order valence-electron chi connectivity index (χ4n) is 0.154. The van der Waals surface area contributed by atoms with E-state index in [0.717, 1.165) is 0 Å². The van der Waals surface area contributed by atoms with Gasteiger partial charge in [0.25, 0.3) is 0 Å². The van der Waals surface area contributed by atoms with E-state index in [9.17, 15) is 0 Å². The van der Waals surface area contributed by atoms with E-state index >= 15 is 0 Å². The molecule has 0 amide bonds. The molecule has 0 saturated carbocycles. The number of hydrogen-bond donors (Lipinski definition) is 1. The largest absolute Gasteiger partial charge is 0.384 e. The highest BCUT2D eigenvalue weighted by Crippen LogP contribution is 1.89. The summed E-state index contributed by atoms with van der Waals surface area (Å²) in [4.78, 5) is 6.69. The Balaban J connectivity index is 0. The van der Waals surface area contributed by atoms with E-state index < -0.39 is 0 Å². The molecule has 10 heavy (non-hydrogen) atoms. The third kappa shape index (κ3) is 10.2. The molecule has 0 atom stereocenters. The van der Waals surface area contributed by atoms with Gasteiger partial charge in [-0.3, -0.25) is 0 Å². The predicted molar refractivity (Wildman–Crippen MR) is 47.5 cm³/mol. The Hall–Kier alpha value is -0.830. The second kappa shape index (κ2) is 8.17. The smallest absolute Gasteiger partial charge is 0.223 e. The van der Waals surface area contributed by atoms with Gasteiger partial charge in [-0.1, -0.05) is 20.4 Å². The average molecular weight is 162 g/mol. The maximum Gasteiger partial charge on any atom is 0.223 e. The van der Waals surface area contributed by atoms with Crippen LogP contribution in [0.25, 0.3) is 0 Å². The summed E-state index contributed by atoms with van der Waals surface area (Å²) < 4.78 is 0. The van der Waals surface area contributed by atoms with Crippen LogP contribution < -0.4 is 5.73 Å². The Bertz CT molecular complexity index is 140. The molecule has 0 fully saturated rings. The van der Waals surface area contributed by atoms with Gasteiger partial charge in [0.05, 0.1) is 0 Å². The Kier molecular flexibility index (Phi) is 9.73. The minimum atomic E-state index is 0.0116. The first-order chi connectivity index (χ1) is 4.66. The molecule has 0 spiro atoms. The number of nitrogens with two attached hydrogens (primary N) is 1. The quantitative estimate of drug-likeness (QED) is 0.356. The molecule has 2 N–H and O–H groups in total. The van der Waals surface area contributed by atoms with Gasteiger partial charge in [-0.15, -0.1) is 0 Å². The third-order valence-corrected chi connectivity index (χ3v) is 0.570. The van der Waals surface area contributed by atoms with Crippen LogP contribution in [0.1, 0.15) is 13.8 Å². The number of halogens is 1. The van der Waals surface area contributed by atoms with Crippen molar-refractivity contribution >= 4 is 23.6 Å². The second-order valence-electron chi connectivity index (χ2n) is 1.03. The molecule has 0 aromatic carbocycles. The Morgan fingerprint density at radius 3 is 2.00 bits per heavy atom. The van der Waals surface area contributed by atoms with Crippen molar-refractivity contribution in [3.63, 3.8) is 0 Å². The van der Waals surface area contributed by atoms with Crippen LogP contribution in [-0.2, 0) is 0 Å². The van der Waals surface area contributed by atoms with Crippen molar-refractivity contribution in [1.29, 1.82) is 0 Å². The van der Waals surface area contributed by atoms with Crippen molar-refractivity contribution in [1.82, 2.24) is 0 Å². The second-order valence-corrected chi connectivity index (χ2v) is 1.37. The SMILES string of the molecule is C=N/C(Cl)=N\C(=C)N.CC. The molecule has 0 unspecified atom stereocenters. The Morgan fingerprint density at radius 1 is 1.50 bits per heavy atom. The van der Waals surface area contributed by atoms with Crippen molar-refractivity contribution in [2.45, 2.75) is 13.8 Å². The van der Waals surface area contributed by atoms with Gasteiger partial charge in [-0.05, 0) is 18.3 Å². The van der Waals surface area contributed by atoms with Crippen LogP contribution >= 0.6 is 11.6 Å². The number of hydrogen-bond acceptors (Lipinski definition) is 2. The zero-order valence-corrected chi connectivity index (χ0v) is 7.02. The van der Waals surface area contributed by atoms with Crippen molar-refractivity contribution in [3.05, 3.63) is 12.4 Å². The number of aliphatic imine (C=N–C) groups is 2. The van der Waals surface area contributed by atoms with Crippen LogP contribution in [0.3, 0.4) is 0 Å². The van der Waals surface area contributed by atoms with Gasteiger partial charge < -0.3 is 5.73 Å². The zero-order valence-electron chi connectivity index (χ0n) is 6.26. The monoisotopic (exact) mass is 161 g/mol. The van der Waals surface area contributed by atoms with E-state index in [2.05, 4.69) is 23.3 Å². The molecule has 3 nitrogen and oxygen atoms in total. The first-order valence-corrected chi connectivity index (χ1v) is 3.20. The predicted octanol–water partition coefficient (Wildman–Crippen LogP) is 1.74. The Morgan fingerprint density at radius 2 is 1.90 bits per heavy atom. The highest BCUT2D eigenvalue weighted by atomic mass is 35.5. The molecular weight excluding hydrogens is 150 g/mol. The van der Waals surface area contributed by atoms with Crippen LogP contribution in [0.2, 0.25) is 0 Å². The lowest BCUT2D eigenvalue weighted by Crippen LogP contribution is -1.92. The highest BCUT2D eigenvalue weighted by molar-refractivity contribution is 6.65. The van der Waals surface area contributed by atoms with E-state index in [1.54, 1.807) is 0 Å². The lowest BCUT2D eigenvalue weighted by atomic mass is 10.9. The fourth-order valence-corrected chi connectivity index (χ4v) is 0.262. The number of amidine groups is 1. The summed E-state index contributed by atoms with van der Waals surface area (Å²) in [6, 6.07) is 0. The molecule has 58 valence electrons. The molecule has 0 aromatic rings. The van der Waals surface area contributed by atoms with Crippen molar-refractivity contribution in [3.8, 4) is 0 Å². The van der Waals surface area contributed by atoms with Gasteiger partial charge in [-0.2, -0.15) is 0 Å². The molecule has 0 aliphatic carbocycles. The molecule has 0 aromatic heterocycles. The van der Waals surface area contributed by atoms with Gasteiger partial charge in [0.2, 0.25) is 5.29 Å². The molecule has 0 radical (unpaired) electrons.